The molecule has 0 aromatic heterocycles. The van der Waals surface area contributed by atoms with Crippen LogP contribution < -0.4 is 4.74 Å². The zero-order valence-corrected chi connectivity index (χ0v) is 17.2. The normalized spacial score (nSPS) is 11.1. The molecule has 27 heavy (non-hydrogen) atoms. The average molecular weight is 382 g/mol. The molecular formula is C21H35NO5. The lowest BCUT2D eigenvalue weighted by molar-refractivity contribution is -0.384. The number of nitrogens with zero attached hydrogens (tertiary/aromatic N) is 1. The summed E-state index contributed by atoms with van der Waals surface area (Å²) in [6.45, 7) is 8.70. The topological polar surface area (TPSA) is 78.7 Å². The van der Waals surface area contributed by atoms with Crippen LogP contribution in [0, 0.1) is 16.0 Å². The van der Waals surface area contributed by atoms with Gasteiger partial charge >= 0.3 is 6.16 Å². The van der Waals surface area contributed by atoms with Crippen molar-refractivity contribution in [1.82, 2.24) is 0 Å². The van der Waals surface area contributed by atoms with E-state index >= 15 is 0 Å². The van der Waals surface area contributed by atoms with E-state index in [2.05, 4.69) is 13.8 Å². The lowest BCUT2D eigenvalue weighted by Gasteiger charge is -2.16. The van der Waals surface area contributed by atoms with Crippen LogP contribution in [0.15, 0.2) is 24.3 Å². The first-order valence-corrected chi connectivity index (χ1v) is 10.2. The van der Waals surface area contributed by atoms with Crippen molar-refractivity contribution in [2.75, 3.05) is 6.61 Å². The number of unbranched alkanes of at least 4 members (excludes halogenated alkanes) is 4. The van der Waals surface area contributed by atoms with Gasteiger partial charge in [-0.1, -0.05) is 66.2 Å². The summed E-state index contributed by atoms with van der Waals surface area (Å²) >= 11 is 0. The minimum Gasteiger partial charge on any atom is -0.434 e. The molecule has 1 rings (SSSR count). The second kappa shape index (κ2) is 16.1. The van der Waals surface area contributed by atoms with Crippen molar-refractivity contribution in [3.8, 4) is 5.75 Å². The fourth-order valence-corrected chi connectivity index (χ4v) is 2.61. The van der Waals surface area contributed by atoms with Gasteiger partial charge in [-0.3, -0.25) is 10.1 Å². The van der Waals surface area contributed by atoms with Crippen molar-refractivity contribution in [3.05, 3.63) is 34.4 Å². The first kappa shape index (κ1) is 24.9. The SMILES string of the molecule is CC.CCCCCCC(CCCC)COC(=O)Oc1ccc([N+](=O)[O-])cc1. The zero-order valence-electron chi connectivity index (χ0n) is 17.2. The molecule has 0 N–H and O–H groups in total. The van der Waals surface area contributed by atoms with E-state index in [1.807, 2.05) is 13.8 Å². The number of nitro groups is 1. The fourth-order valence-electron chi connectivity index (χ4n) is 2.61. The van der Waals surface area contributed by atoms with Gasteiger partial charge in [0.1, 0.15) is 5.75 Å². The Bertz CT molecular complexity index is 516. The Kier molecular flexibility index (Phi) is 14.8. The highest BCUT2D eigenvalue weighted by Crippen LogP contribution is 2.20. The molecule has 1 aromatic carbocycles. The molecule has 6 heteroatoms. The first-order valence-electron chi connectivity index (χ1n) is 10.2. The number of hydrogen-bond acceptors (Lipinski definition) is 5. The van der Waals surface area contributed by atoms with Crippen LogP contribution in [-0.2, 0) is 4.74 Å². The van der Waals surface area contributed by atoms with Gasteiger partial charge in [-0.25, -0.2) is 4.79 Å². The van der Waals surface area contributed by atoms with Crippen molar-refractivity contribution >= 4 is 11.8 Å². The third kappa shape index (κ3) is 12.0. The number of carbonyl (C=O) groups is 1. The average Bonchev–Trinajstić information content (AvgIpc) is 2.68. The Labute approximate surface area is 163 Å². The Morgan fingerprint density at radius 3 is 2.15 bits per heavy atom. The summed E-state index contributed by atoms with van der Waals surface area (Å²) in [5.41, 5.74) is -0.0487. The largest absolute Gasteiger partial charge is 0.513 e. The van der Waals surface area contributed by atoms with Crippen LogP contribution in [0.3, 0.4) is 0 Å². The van der Waals surface area contributed by atoms with E-state index in [9.17, 15) is 14.9 Å². The Morgan fingerprint density at radius 2 is 1.59 bits per heavy atom. The molecule has 154 valence electrons. The molecule has 0 bridgehead atoms. The molecule has 0 heterocycles. The zero-order chi connectivity index (χ0) is 20.5. The van der Waals surface area contributed by atoms with Crippen LogP contribution in [0.4, 0.5) is 10.5 Å². The number of benzene rings is 1. The summed E-state index contributed by atoms with van der Waals surface area (Å²) in [7, 11) is 0. The summed E-state index contributed by atoms with van der Waals surface area (Å²) in [5, 5.41) is 10.6. The number of ether oxygens (including phenoxy) is 2. The molecule has 0 fully saturated rings. The smallest absolute Gasteiger partial charge is 0.434 e. The number of rotatable bonds is 12. The molecule has 0 aliphatic rings. The molecular weight excluding hydrogens is 346 g/mol. The highest BCUT2D eigenvalue weighted by molar-refractivity contribution is 5.63. The van der Waals surface area contributed by atoms with Gasteiger partial charge in [0.25, 0.3) is 5.69 Å². The number of nitro benzene ring substituents is 1. The maximum absolute atomic E-state index is 11.8. The minimum atomic E-state index is -0.760. The van der Waals surface area contributed by atoms with E-state index in [4.69, 9.17) is 9.47 Å². The maximum atomic E-state index is 11.8. The van der Waals surface area contributed by atoms with Gasteiger partial charge in [-0.2, -0.15) is 0 Å². The predicted molar refractivity (Wildman–Crippen MR) is 108 cm³/mol. The molecule has 0 radical (unpaired) electrons. The number of hydrogen-bond donors (Lipinski definition) is 0. The van der Waals surface area contributed by atoms with Crippen LogP contribution >= 0.6 is 0 Å². The Balaban J connectivity index is 0.00000326. The molecule has 0 aliphatic carbocycles. The molecule has 1 aromatic rings. The Hall–Kier alpha value is -2.11. The summed E-state index contributed by atoms with van der Waals surface area (Å²) in [4.78, 5) is 21.9. The van der Waals surface area contributed by atoms with Gasteiger partial charge < -0.3 is 9.47 Å². The quantitative estimate of drug-likeness (QED) is 0.129. The lowest BCUT2D eigenvalue weighted by atomic mass is 9.96. The summed E-state index contributed by atoms with van der Waals surface area (Å²) < 4.78 is 10.3. The van der Waals surface area contributed by atoms with E-state index < -0.39 is 11.1 Å². The standard InChI is InChI=1S/C19H29NO5.C2H6/c1-3-5-7-8-10-16(9-6-4-2)15-24-19(21)25-18-13-11-17(12-14-18)20(22)23;1-2/h11-14,16H,3-10,15H2,1-2H3;1-2H3. The molecule has 1 atom stereocenters. The van der Waals surface area contributed by atoms with E-state index in [1.165, 1.54) is 43.5 Å². The number of non-ortho nitro benzene ring substituents is 1. The third-order valence-electron chi connectivity index (χ3n) is 4.12. The van der Waals surface area contributed by atoms with E-state index in [0.29, 0.717) is 12.5 Å². The van der Waals surface area contributed by atoms with Crippen molar-refractivity contribution in [1.29, 1.82) is 0 Å². The molecule has 0 saturated carbocycles. The van der Waals surface area contributed by atoms with Crippen molar-refractivity contribution in [2.24, 2.45) is 5.92 Å². The van der Waals surface area contributed by atoms with E-state index in [-0.39, 0.29) is 11.4 Å². The molecule has 6 nitrogen and oxygen atoms in total. The molecule has 1 unspecified atom stereocenters. The molecule has 0 aliphatic heterocycles. The second-order valence-electron chi connectivity index (χ2n) is 6.27. The fraction of sp³-hybridized carbons (Fsp3) is 0.667. The van der Waals surface area contributed by atoms with Gasteiger partial charge in [-0.05, 0) is 30.9 Å². The van der Waals surface area contributed by atoms with Crippen LogP contribution in [0.25, 0.3) is 0 Å². The third-order valence-corrected chi connectivity index (χ3v) is 4.12. The first-order chi connectivity index (χ1) is 13.1. The van der Waals surface area contributed by atoms with E-state index in [0.717, 1.165) is 32.1 Å². The minimum absolute atomic E-state index is 0.0487. The lowest BCUT2D eigenvalue weighted by Crippen LogP contribution is -2.17. The van der Waals surface area contributed by atoms with Gasteiger partial charge in [0, 0.05) is 12.1 Å². The summed E-state index contributed by atoms with van der Waals surface area (Å²) in [5.74, 6) is 0.602. The van der Waals surface area contributed by atoms with Crippen molar-refractivity contribution in [2.45, 2.75) is 79.1 Å². The van der Waals surface area contributed by atoms with Gasteiger partial charge in [-0.15, -0.1) is 0 Å². The van der Waals surface area contributed by atoms with Gasteiger partial charge in [0.05, 0.1) is 11.5 Å². The second-order valence-corrected chi connectivity index (χ2v) is 6.27. The van der Waals surface area contributed by atoms with Gasteiger partial charge in [0.2, 0.25) is 0 Å². The van der Waals surface area contributed by atoms with Crippen LogP contribution in [-0.4, -0.2) is 17.7 Å². The molecule has 0 saturated heterocycles. The van der Waals surface area contributed by atoms with Crippen LogP contribution in [0.1, 0.15) is 79.1 Å². The van der Waals surface area contributed by atoms with Gasteiger partial charge in [0.15, 0.2) is 0 Å². The van der Waals surface area contributed by atoms with Crippen molar-refractivity contribution in [3.63, 3.8) is 0 Å². The van der Waals surface area contributed by atoms with E-state index in [1.54, 1.807) is 0 Å². The summed E-state index contributed by atoms with van der Waals surface area (Å²) in [6, 6.07) is 5.36. The maximum Gasteiger partial charge on any atom is 0.513 e. The van der Waals surface area contributed by atoms with Crippen LogP contribution in [0.2, 0.25) is 0 Å². The van der Waals surface area contributed by atoms with Crippen molar-refractivity contribution < 1.29 is 19.2 Å². The highest BCUT2D eigenvalue weighted by Gasteiger charge is 2.14. The number of carbonyl (C=O) groups excluding carboxylic acids is 1. The summed E-state index contributed by atoms with van der Waals surface area (Å²) in [6.07, 6.45) is 8.41. The molecule has 0 spiro atoms. The molecule has 0 amide bonds. The van der Waals surface area contributed by atoms with Crippen LogP contribution in [0.5, 0.6) is 5.75 Å². The Morgan fingerprint density at radius 1 is 1.00 bits per heavy atom. The highest BCUT2D eigenvalue weighted by atomic mass is 16.7. The monoisotopic (exact) mass is 381 g/mol. The predicted octanol–water partition coefficient (Wildman–Crippen LogP) is 6.91.